The highest BCUT2D eigenvalue weighted by atomic mass is 16.5. The van der Waals surface area contributed by atoms with E-state index in [1.165, 1.54) is 6.42 Å². The molecule has 2 aromatic rings. The SMILES string of the molecule is CCCN1CCC(NC(=O)COc2ccc(C(=O)c3ccccc3)cc2)CC1. The van der Waals surface area contributed by atoms with Gasteiger partial charge in [-0.1, -0.05) is 37.3 Å². The van der Waals surface area contributed by atoms with E-state index < -0.39 is 0 Å². The number of hydrogen-bond donors (Lipinski definition) is 1. The lowest BCUT2D eigenvalue weighted by atomic mass is 10.0. The lowest BCUT2D eigenvalue weighted by molar-refractivity contribution is -0.124. The zero-order chi connectivity index (χ0) is 19.8. The first kappa shape index (κ1) is 20.1. The van der Waals surface area contributed by atoms with Crippen molar-refractivity contribution in [3.8, 4) is 5.75 Å². The summed E-state index contributed by atoms with van der Waals surface area (Å²) in [6.45, 7) is 5.39. The van der Waals surface area contributed by atoms with Crippen LogP contribution >= 0.6 is 0 Å². The Balaban J connectivity index is 1.43. The van der Waals surface area contributed by atoms with Gasteiger partial charge in [0, 0.05) is 30.3 Å². The van der Waals surface area contributed by atoms with Crippen molar-refractivity contribution in [3.05, 3.63) is 65.7 Å². The molecule has 1 heterocycles. The highest BCUT2D eigenvalue weighted by molar-refractivity contribution is 6.08. The van der Waals surface area contributed by atoms with Crippen molar-refractivity contribution in [2.45, 2.75) is 32.2 Å². The normalized spacial score (nSPS) is 15.2. The van der Waals surface area contributed by atoms with Crippen LogP contribution in [0.4, 0.5) is 0 Å². The third-order valence-electron chi connectivity index (χ3n) is 5.01. The summed E-state index contributed by atoms with van der Waals surface area (Å²) in [5, 5.41) is 3.06. The quantitative estimate of drug-likeness (QED) is 0.714. The monoisotopic (exact) mass is 380 g/mol. The number of ketones is 1. The molecule has 1 aliphatic heterocycles. The van der Waals surface area contributed by atoms with Crippen molar-refractivity contribution in [3.63, 3.8) is 0 Å². The molecule has 1 N–H and O–H groups in total. The summed E-state index contributed by atoms with van der Waals surface area (Å²) in [7, 11) is 0. The van der Waals surface area contributed by atoms with E-state index >= 15 is 0 Å². The van der Waals surface area contributed by atoms with Gasteiger partial charge in [-0.3, -0.25) is 9.59 Å². The number of benzene rings is 2. The molecule has 2 aromatic carbocycles. The Kier molecular flexibility index (Phi) is 7.20. The maximum Gasteiger partial charge on any atom is 0.258 e. The minimum absolute atomic E-state index is 0.0127. The van der Waals surface area contributed by atoms with E-state index in [0.717, 1.165) is 32.5 Å². The van der Waals surface area contributed by atoms with Crippen molar-refractivity contribution in [1.29, 1.82) is 0 Å². The van der Waals surface area contributed by atoms with Crippen molar-refractivity contribution in [2.24, 2.45) is 0 Å². The van der Waals surface area contributed by atoms with Crippen molar-refractivity contribution in [2.75, 3.05) is 26.2 Å². The first-order valence-corrected chi connectivity index (χ1v) is 10.00. The van der Waals surface area contributed by atoms with Gasteiger partial charge in [-0.25, -0.2) is 0 Å². The number of carbonyl (C=O) groups excluding carboxylic acids is 2. The van der Waals surface area contributed by atoms with Crippen LogP contribution in [-0.2, 0) is 4.79 Å². The Morgan fingerprint density at radius 2 is 1.64 bits per heavy atom. The second kappa shape index (κ2) is 10.0. The number of likely N-dealkylation sites (tertiary alicyclic amines) is 1. The minimum atomic E-state index is -0.0987. The van der Waals surface area contributed by atoms with Gasteiger partial charge in [-0.15, -0.1) is 0 Å². The molecule has 0 saturated carbocycles. The molecule has 0 spiro atoms. The smallest absolute Gasteiger partial charge is 0.258 e. The van der Waals surface area contributed by atoms with Crippen molar-refractivity contribution >= 4 is 11.7 Å². The second-order valence-corrected chi connectivity index (χ2v) is 7.19. The summed E-state index contributed by atoms with van der Waals surface area (Å²) in [6, 6.07) is 16.3. The fraction of sp³-hybridized carbons (Fsp3) is 0.391. The minimum Gasteiger partial charge on any atom is -0.484 e. The Labute approximate surface area is 166 Å². The molecule has 0 atom stereocenters. The molecule has 28 heavy (non-hydrogen) atoms. The molecule has 0 bridgehead atoms. The van der Waals surface area contributed by atoms with E-state index in [2.05, 4.69) is 17.1 Å². The Morgan fingerprint density at radius 3 is 2.29 bits per heavy atom. The van der Waals surface area contributed by atoms with Gasteiger partial charge < -0.3 is 15.0 Å². The number of ether oxygens (including phenoxy) is 1. The predicted molar refractivity (Wildman–Crippen MR) is 110 cm³/mol. The van der Waals surface area contributed by atoms with Crippen LogP contribution in [0.5, 0.6) is 5.75 Å². The molecule has 5 heteroatoms. The number of rotatable bonds is 8. The summed E-state index contributed by atoms with van der Waals surface area (Å²) in [5.41, 5.74) is 1.25. The summed E-state index contributed by atoms with van der Waals surface area (Å²) in [6.07, 6.45) is 3.14. The van der Waals surface area contributed by atoms with Crippen LogP contribution in [0.3, 0.4) is 0 Å². The molecule has 148 valence electrons. The van der Waals surface area contributed by atoms with Crippen molar-refractivity contribution < 1.29 is 14.3 Å². The van der Waals surface area contributed by atoms with Gasteiger partial charge >= 0.3 is 0 Å². The van der Waals surface area contributed by atoms with E-state index in [0.29, 0.717) is 16.9 Å². The van der Waals surface area contributed by atoms with Crippen LogP contribution in [-0.4, -0.2) is 48.9 Å². The van der Waals surface area contributed by atoms with Crippen LogP contribution in [0.25, 0.3) is 0 Å². The molecule has 1 aliphatic rings. The molecule has 0 radical (unpaired) electrons. The van der Waals surface area contributed by atoms with E-state index in [9.17, 15) is 9.59 Å². The van der Waals surface area contributed by atoms with Crippen LogP contribution < -0.4 is 10.1 Å². The molecule has 0 aliphatic carbocycles. The van der Waals surface area contributed by atoms with Gasteiger partial charge in [-0.05, 0) is 50.1 Å². The summed E-state index contributed by atoms with van der Waals surface area (Å²) in [5.74, 6) is 0.454. The number of nitrogens with zero attached hydrogens (tertiary/aromatic N) is 1. The van der Waals surface area contributed by atoms with Gasteiger partial charge in [0.1, 0.15) is 5.75 Å². The zero-order valence-electron chi connectivity index (χ0n) is 16.4. The van der Waals surface area contributed by atoms with Gasteiger partial charge in [0.2, 0.25) is 0 Å². The maximum absolute atomic E-state index is 12.4. The van der Waals surface area contributed by atoms with Crippen molar-refractivity contribution in [1.82, 2.24) is 10.2 Å². The number of hydrogen-bond acceptors (Lipinski definition) is 4. The molecule has 0 aromatic heterocycles. The Morgan fingerprint density at radius 1 is 1.00 bits per heavy atom. The Bertz CT molecular complexity index is 766. The molecular weight excluding hydrogens is 352 g/mol. The number of piperidine rings is 1. The molecule has 1 fully saturated rings. The van der Waals surface area contributed by atoms with Crippen LogP contribution in [0.2, 0.25) is 0 Å². The molecule has 1 saturated heterocycles. The van der Waals surface area contributed by atoms with Gasteiger partial charge in [0.05, 0.1) is 0 Å². The molecule has 5 nitrogen and oxygen atoms in total. The first-order valence-electron chi connectivity index (χ1n) is 10.00. The van der Waals surface area contributed by atoms with E-state index in [1.54, 1.807) is 36.4 Å². The largest absolute Gasteiger partial charge is 0.484 e. The number of carbonyl (C=O) groups is 2. The van der Waals surface area contributed by atoms with E-state index in [-0.39, 0.29) is 24.3 Å². The highest BCUT2D eigenvalue weighted by Gasteiger charge is 2.20. The molecule has 0 unspecified atom stereocenters. The third kappa shape index (κ3) is 5.67. The Hall–Kier alpha value is -2.66. The lowest BCUT2D eigenvalue weighted by Gasteiger charge is -2.32. The first-order chi connectivity index (χ1) is 13.7. The standard InChI is InChI=1S/C23H28N2O3/c1-2-14-25-15-12-20(13-16-25)24-22(26)17-28-21-10-8-19(9-11-21)23(27)18-6-4-3-5-7-18/h3-11,20H,2,12-17H2,1H3,(H,24,26). The maximum atomic E-state index is 12.4. The molecule has 1 amide bonds. The van der Waals surface area contributed by atoms with Crippen LogP contribution in [0.15, 0.2) is 54.6 Å². The predicted octanol–water partition coefficient (Wildman–Crippen LogP) is 3.29. The summed E-state index contributed by atoms with van der Waals surface area (Å²) >= 11 is 0. The lowest BCUT2D eigenvalue weighted by Crippen LogP contribution is -2.46. The second-order valence-electron chi connectivity index (χ2n) is 7.19. The topological polar surface area (TPSA) is 58.6 Å². The molecule has 3 rings (SSSR count). The average Bonchev–Trinajstić information content (AvgIpc) is 2.74. The van der Waals surface area contributed by atoms with Gasteiger partial charge in [-0.2, -0.15) is 0 Å². The highest BCUT2D eigenvalue weighted by Crippen LogP contribution is 2.16. The number of amides is 1. The summed E-state index contributed by atoms with van der Waals surface area (Å²) in [4.78, 5) is 27.0. The fourth-order valence-electron chi connectivity index (χ4n) is 3.49. The van der Waals surface area contributed by atoms with E-state index in [4.69, 9.17) is 4.74 Å². The van der Waals surface area contributed by atoms with Gasteiger partial charge in [0.15, 0.2) is 12.4 Å². The fourth-order valence-corrected chi connectivity index (χ4v) is 3.49. The van der Waals surface area contributed by atoms with Crippen LogP contribution in [0, 0.1) is 0 Å². The molecular formula is C23H28N2O3. The zero-order valence-corrected chi connectivity index (χ0v) is 16.4. The number of nitrogens with one attached hydrogen (secondary N) is 1. The average molecular weight is 380 g/mol. The van der Waals surface area contributed by atoms with Gasteiger partial charge in [0.25, 0.3) is 5.91 Å². The van der Waals surface area contributed by atoms with E-state index in [1.807, 2.05) is 18.2 Å². The third-order valence-corrected chi connectivity index (χ3v) is 5.01. The van der Waals surface area contributed by atoms with Crippen LogP contribution in [0.1, 0.15) is 42.1 Å². The summed E-state index contributed by atoms with van der Waals surface area (Å²) < 4.78 is 5.58.